The minimum atomic E-state index is -0.524. The molecule has 0 fully saturated rings. The van der Waals surface area contributed by atoms with E-state index < -0.39 is 5.91 Å². The zero-order chi connectivity index (χ0) is 15.2. The van der Waals surface area contributed by atoms with Crippen molar-refractivity contribution in [2.24, 2.45) is 11.5 Å². The van der Waals surface area contributed by atoms with Crippen LogP contribution in [0.4, 0.5) is 15.9 Å². The molecule has 1 heterocycles. The Bertz CT molecular complexity index is 598. The smallest absolute Gasteiger partial charge is 0.250 e. The van der Waals surface area contributed by atoms with Crippen molar-refractivity contribution in [1.29, 1.82) is 0 Å². The van der Waals surface area contributed by atoms with Gasteiger partial charge >= 0.3 is 0 Å². The number of anilines is 2. The molecule has 0 spiro atoms. The molecule has 6 heteroatoms. The Kier molecular flexibility index (Phi) is 4.84. The van der Waals surface area contributed by atoms with Crippen molar-refractivity contribution in [3.8, 4) is 0 Å². The summed E-state index contributed by atoms with van der Waals surface area (Å²) in [7, 11) is 0. The van der Waals surface area contributed by atoms with Gasteiger partial charge in [-0.05, 0) is 49.4 Å². The Balaban J connectivity index is 2.30. The molecule has 5 nitrogen and oxygen atoms in total. The molecule has 0 aliphatic rings. The number of carbonyl (C=O) groups excluding carboxylic acids is 1. The van der Waals surface area contributed by atoms with Crippen LogP contribution in [0.2, 0.25) is 0 Å². The number of nitrogens with zero attached hydrogens (tertiary/aromatic N) is 2. The molecule has 1 amide bonds. The maximum absolute atomic E-state index is 13.0. The lowest BCUT2D eigenvalue weighted by atomic mass is 10.2. The molecule has 4 N–H and O–H groups in total. The fourth-order valence-electron chi connectivity index (χ4n) is 1.94. The predicted octanol–water partition coefficient (Wildman–Crippen LogP) is 1.81. The van der Waals surface area contributed by atoms with Gasteiger partial charge in [0.05, 0.1) is 5.56 Å². The van der Waals surface area contributed by atoms with Crippen LogP contribution in [-0.4, -0.2) is 24.0 Å². The highest BCUT2D eigenvalue weighted by molar-refractivity contribution is 5.92. The third kappa shape index (κ3) is 3.76. The molecule has 0 atom stereocenters. The second-order valence-corrected chi connectivity index (χ2v) is 4.54. The summed E-state index contributed by atoms with van der Waals surface area (Å²) in [5, 5.41) is 0. The number of aromatic nitrogens is 1. The summed E-state index contributed by atoms with van der Waals surface area (Å²) in [6.07, 6.45) is 2.19. The van der Waals surface area contributed by atoms with Crippen molar-refractivity contribution in [2.45, 2.75) is 6.42 Å². The molecule has 21 heavy (non-hydrogen) atoms. The highest BCUT2D eigenvalue weighted by atomic mass is 19.1. The number of primary amides is 1. The Morgan fingerprint density at radius 1 is 1.19 bits per heavy atom. The molecule has 2 rings (SSSR count). The minimum absolute atomic E-state index is 0.297. The number of benzene rings is 1. The van der Waals surface area contributed by atoms with E-state index in [0.29, 0.717) is 24.5 Å². The van der Waals surface area contributed by atoms with Crippen LogP contribution in [0.1, 0.15) is 16.8 Å². The van der Waals surface area contributed by atoms with Gasteiger partial charge in [0.15, 0.2) is 0 Å². The van der Waals surface area contributed by atoms with Crippen molar-refractivity contribution < 1.29 is 9.18 Å². The van der Waals surface area contributed by atoms with E-state index in [0.717, 1.165) is 12.1 Å². The van der Waals surface area contributed by atoms with Crippen molar-refractivity contribution in [3.63, 3.8) is 0 Å². The summed E-state index contributed by atoms with van der Waals surface area (Å²) >= 11 is 0. The molecule has 0 bridgehead atoms. The van der Waals surface area contributed by atoms with E-state index in [-0.39, 0.29) is 5.82 Å². The average Bonchev–Trinajstić information content (AvgIpc) is 2.50. The van der Waals surface area contributed by atoms with Crippen LogP contribution in [0.3, 0.4) is 0 Å². The molecule has 0 saturated heterocycles. The second-order valence-electron chi connectivity index (χ2n) is 4.54. The topological polar surface area (TPSA) is 85.2 Å². The van der Waals surface area contributed by atoms with Gasteiger partial charge in [0.1, 0.15) is 11.6 Å². The summed E-state index contributed by atoms with van der Waals surface area (Å²) in [6.45, 7) is 1.18. The lowest BCUT2D eigenvalue weighted by Gasteiger charge is -2.23. The summed E-state index contributed by atoms with van der Waals surface area (Å²) in [5.41, 5.74) is 11.9. The van der Waals surface area contributed by atoms with Gasteiger partial charge in [-0.3, -0.25) is 4.79 Å². The Morgan fingerprint density at radius 3 is 2.43 bits per heavy atom. The Morgan fingerprint density at radius 2 is 1.90 bits per heavy atom. The monoisotopic (exact) mass is 288 g/mol. The van der Waals surface area contributed by atoms with Crippen molar-refractivity contribution in [2.75, 3.05) is 18.0 Å². The number of hydrogen-bond donors (Lipinski definition) is 2. The fourth-order valence-corrected chi connectivity index (χ4v) is 1.94. The average molecular weight is 288 g/mol. The van der Waals surface area contributed by atoms with Crippen LogP contribution < -0.4 is 16.4 Å². The lowest BCUT2D eigenvalue weighted by Crippen LogP contribution is -2.22. The van der Waals surface area contributed by atoms with Gasteiger partial charge in [-0.2, -0.15) is 0 Å². The van der Waals surface area contributed by atoms with E-state index in [1.807, 2.05) is 4.90 Å². The number of rotatable bonds is 6. The van der Waals surface area contributed by atoms with Gasteiger partial charge < -0.3 is 16.4 Å². The van der Waals surface area contributed by atoms with E-state index in [4.69, 9.17) is 11.5 Å². The quantitative estimate of drug-likeness (QED) is 0.849. The first-order valence-electron chi connectivity index (χ1n) is 6.61. The number of hydrogen-bond acceptors (Lipinski definition) is 4. The first-order chi connectivity index (χ1) is 10.1. The molecule has 0 aliphatic heterocycles. The molecular weight excluding hydrogens is 271 g/mol. The predicted molar refractivity (Wildman–Crippen MR) is 79.8 cm³/mol. The van der Waals surface area contributed by atoms with Gasteiger partial charge in [-0.25, -0.2) is 9.37 Å². The SMILES string of the molecule is NCCCN(c1ccc(F)cc1)c1ccc(C(N)=O)cn1. The molecule has 0 aliphatic carbocycles. The van der Waals surface area contributed by atoms with Crippen molar-refractivity contribution in [1.82, 2.24) is 4.98 Å². The fraction of sp³-hybridized carbons (Fsp3) is 0.200. The molecule has 0 unspecified atom stereocenters. The molecule has 2 aromatic rings. The molecular formula is C15H17FN4O. The van der Waals surface area contributed by atoms with Crippen LogP contribution >= 0.6 is 0 Å². The first kappa shape index (κ1) is 14.9. The standard InChI is InChI=1S/C15H17FN4O/c16-12-3-5-13(6-4-12)20(9-1-8-17)14-7-2-11(10-19-14)15(18)21/h2-7,10H,1,8-9,17H2,(H2,18,21). The van der Waals surface area contributed by atoms with E-state index in [2.05, 4.69) is 4.98 Å². The first-order valence-corrected chi connectivity index (χ1v) is 6.61. The molecule has 0 saturated carbocycles. The number of pyridine rings is 1. The number of amides is 1. The Hall–Kier alpha value is -2.47. The molecule has 110 valence electrons. The van der Waals surface area contributed by atoms with Crippen molar-refractivity contribution in [3.05, 3.63) is 54.0 Å². The number of halogens is 1. The van der Waals surface area contributed by atoms with Gasteiger partial charge in [0.25, 0.3) is 0 Å². The molecule has 1 aromatic carbocycles. The van der Waals surface area contributed by atoms with Gasteiger partial charge in [-0.1, -0.05) is 0 Å². The highest BCUT2D eigenvalue weighted by Gasteiger charge is 2.11. The molecule has 0 radical (unpaired) electrons. The van der Waals surface area contributed by atoms with E-state index >= 15 is 0 Å². The van der Waals surface area contributed by atoms with Crippen LogP contribution in [0.25, 0.3) is 0 Å². The van der Waals surface area contributed by atoms with Gasteiger partial charge in [0, 0.05) is 18.4 Å². The third-order valence-electron chi connectivity index (χ3n) is 3.03. The number of carbonyl (C=O) groups is 1. The maximum atomic E-state index is 13.0. The largest absolute Gasteiger partial charge is 0.366 e. The normalized spacial score (nSPS) is 10.4. The van der Waals surface area contributed by atoms with Crippen LogP contribution in [0, 0.1) is 5.82 Å². The minimum Gasteiger partial charge on any atom is -0.366 e. The lowest BCUT2D eigenvalue weighted by molar-refractivity contribution is 0.1000. The van der Waals surface area contributed by atoms with Gasteiger partial charge in [0.2, 0.25) is 5.91 Å². The highest BCUT2D eigenvalue weighted by Crippen LogP contribution is 2.24. The summed E-state index contributed by atoms with van der Waals surface area (Å²) in [6, 6.07) is 9.46. The Labute approximate surface area is 122 Å². The van der Waals surface area contributed by atoms with E-state index in [1.54, 1.807) is 24.3 Å². The summed E-state index contributed by atoms with van der Waals surface area (Å²) in [5.74, 6) is -0.168. The number of nitrogens with two attached hydrogens (primary N) is 2. The van der Waals surface area contributed by atoms with E-state index in [1.165, 1.54) is 18.3 Å². The van der Waals surface area contributed by atoms with Crippen LogP contribution in [0.5, 0.6) is 0 Å². The maximum Gasteiger partial charge on any atom is 0.250 e. The van der Waals surface area contributed by atoms with Crippen LogP contribution in [0.15, 0.2) is 42.6 Å². The van der Waals surface area contributed by atoms with E-state index in [9.17, 15) is 9.18 Å². The third-order valence-corrected chi connectivity index (χ3v) is 3.03. The van der Waals surface area contributed by atoms with Crippen LogP contribution in [-0.2, 0) is 0 Å². The zero-order valence-corrected chi connectivity index (χ0v) is 11.5. The van der Waals surface area contributed by atoms with Crippen molar-refractivity contribution >= 4 is 17.4 Å². The second kappa shape index (κ2) is 6.81. The summed E-state index contributed by atoms with van der Waals surface area (Å²) in [4.78, 5) is 17.2. The van der Waals surface area contributed by atoms with Gasteiger partial charge in [-0.15, -0.1) is 0 Å². The zero-order valence-electron chi connectivity index (χ0n) is 11.5. The summed E-state index contributed by atoms with van der Waals surface area (Å²) < 4.78 is 13.0. The molecule has 1 aromatic heterocycles.